The second-order valence-electron chi connectivity index (χ2n) is 2.57. The molecule has 0 radical (unpaired) electrons. The molecule has 0 aliphatic carbocycles. The van der Waals surface area contributed by atoms with Gasteiger partial charge in [0.25, 0.3) is 0 Å². The van der Waals surface area contributed by atoms with Gasteiger partial charge >= 0.3 is 6.18 Å². The summed E-state index contributed by atoms with van der Waals surface area (Å²) < 4.78 is 41.3. The third kappa shape index (κ3) is 2.59. The lowest BCUT2D eigenvalue weighted by Crippen LogP contribution is -2.22. The molecule has 0 bridgehead atoms. The van der Waals surface area contributed by atoms with Gasteiger partial charge in [0, 0.05) is 18.9 Å². The Morgan fingerprint density at radius 1 is 1.43 bits per heavy atom. The predicted molar refractivity (Wildman–Crippen MR) is 45.1 cm³/mol. The number of ether oxygens (including phenoxy) is 1. The maximum Gasteiger partial charge on any atom is 0.418 e. The summed E-state index contributed by atoms with van der Waals surface area (Å²) in [6, 6.07) is 2.52. The largest absolute Gasteiger partial charge is 0.418 e. The molecule has 1 rings (SSSR count). The molecule has 0 aromatic carbocycles. The van der Waals surface area contributed by atoms with Gasteiger partial charge in [-0.2, -0.15) is 13.2 Å². The molecule has 0 aliphatic heterocycles. The zero-order valence-corrected chi connectivity index (χ0v) is 7.93. The molecule has 0 fully saturated rings. The van der Waals surface area contributed by atoms with Gasteiger partial charge < -0.3 is 4.74 Å². The lowest BCUT2D eigenvalue weighted by atomic mass is 10.1. The summed E-state index contributed by atoms with van der Waals surface area (Å²) in [4.78, 5) is 3.55. The summed E-state index contributed by atoms with van der Waals surface area (Å²) in [6.45, 7) is 0. The van der Waals surface area contributed by atoms with E-state index in [-0.39, 0.29) is 10.7 Å². The Morgan fingerprint density at radius 2 is 2.07 bits per heavy atom. The van der Waals surface area contributed by atoms with Gasteiger partial charge in [-0.05, 0) is 6.07 Å². The average molecular weight is 226 g/mol. The lowest BCUT2D eigenvalue weighted by molar-refractivity contribution is -0.216. The first-order chi connectivity index (χ1) is 6.45. The molecule has 0 aliphatic rings. The number of rotatable bonds is 2. The standard InChI is InChI=1S/C8H7ClF3NO/c1-14-7(8(10,11)12)5-2-3-6(9)13-4-5/h2-4,7H,1H3/t7-/m1/s1. The first kappa shape index (κ1) is 11.3. The van der Waals surface area contributed by atoms with Gasteiger partial charge in [0.2, 0.25) is 0 Å². The monoisotopic (exact) mass is 225 g/mol. The van der Waals surface area contributed by atoms with Gasteiger partial charge in [0.05, 0.1) is 0 Å². The molecule has 0 spiro atoms. The highest BCUT2D eigenvalue weighted by Gasteiger charge is 2.41. The van der Waals surface area contributed by atoms with Crippen molar-refractivity contribution in [3.05, 3.63) is 29.0 Å². The minimum Gasteiger partial charge on any atom is -0.367 e. The molecule has 0 amide bonds. The van der Waals surface area contributed by atoms with E-state index in [1.165, 1.54) is 12.1 Å². The van der Waals surface area contributed by atoms with Gasteiger partial charge in [-0.25, -0.2) is 4.98 Å². The molecule has 1 aromatic rings. The summed E-state index contributed by atoms with van der Waals surface area (Å²) in [6.07, 6.45) is -5.35. The second kappa shape index (κ2) is 4.14. The van der Waals surface area contributed by atoms with E-state index < -0.39 is 12.3 Å². The fourth-order valence-corrected chi connectivity index (χ4v) is 1.11. The second-order valence-corrected chi connectivity index (χ2v) is 2.96. The van der Waals surface area contributed by atoms with E-state index in [9.17, 15) is 13.2 Å². The van der Waals surface area contributed by atoms with Crippen LogP contribution in [0.5, 0.6) is 0 Å². The minimum atomic E-state index is -4.44. The van der Waals surface area contributed by atoms with Gasteiger partial charge in [-0.15, -0.1) is 0 Å². The first-order valence-electron chi connectivity index (χ1n) is 3.66. The molecule has 1 atom stereocenters. The van der Waals surface area contributed by atoms with Crippen molar-refractivity contribution in [2.24, 2.45) is 0 Å². The summed E-state index contributed by atoms with van der Waals surface area (Å²) in [7, 11) is 0.993. The van der Waals surface area contributed by atoms with E-state index in [1.54, 1.807) is 0 Å². The van der Waals surface area contributed by atoms with Crippen molar-refractivity contribution >= 4 is 11.6 Å². The van der Waals surface area contributed by atoms with E-state index >= 15 is 0 Å². The highest BCUT2D eigenvalue weighted by atomic mass is 35.5. The van der Waals surface area contributed by atoms with Crippen LogP contribution in [0.4, 0.5) is 13.2 Å². The molecule has 14 heavy (non-hydrogen) atoms. The van der Waals surface area contributed by atoms with Crippen LogP contribution in [0.25, 0.3) is 0 Å². The number of hydrogen-bond acceptors (Lipinski definition) is 2. The molecule has 0 saturated heterocycles. The summed E-state index contributed by atoms with van der Waals surface area (Å²) in [5.74, 6) is 0. The number of pyridine rings is 1. The van der Waals surface area contributed by atoms with Crippen molar-refractivity contribution in [2.45, 2.75) is 12.3 Å². The molecular weight excluding hydrogens is 219 g/mol. The van der Waals surface area contributed by atoms with Crippen molar-refractivity contribution in [1.82, 2.24) is 4.98 Å². The molecule has 0 N–H and O–H groups in total. The number of hydrogen-bond donors (Lipinski definition) is 0. The zero-order chi connectivity index (χ0) is 10.8. The van der Waals surface area contributed by atoms with E-state index in [2.05, 4.69) is 9.72 Å². The maximum absolute atomic E-state index is 12.3. The van der Waals surface area contributed by atoms with Gasteiger partial charge in [-0.1, -0.05) is 17.7 Å². The SMILES string of the molecule is CO[C@H](c1ccc(Cl)nc1)C(F)(F)F. The van der Waals surface area contributed by atoms with Crippen LogP contribution in [0.2, 0.25) is 5.15 Å². The minimum absolute atomic E-state index is 0.0654. The van der Waals surface area contributed by atoms with Crippen LogP contribution >= 0.6 is 11.6 Å². The van der Waals surface area contributed by atoms with Gasteiger partial charge in [-0.3, -0.25) is 0 Å². The highest BCUT2D eigenvalue weighted by Crippen LogP contribution is 2.34. The Labute approximate surface area is 83.7 Å². The number of methoxy groups -OCH3 is 1. The Hall–Kier alpha value is -0.810. The molecule has 78 valence electrons. The molecule has 6 heteroatoms. The fourth-order valence-electron chi connectivity index (χ4n) is 1.00. The molecular formula is C8H7ClF3NO. The van der Waals surface area contributed by atoms with Crippen LogP contribution in [0.3, 0.4) is 0 Å². The molecule has 2 nitrogen and oxygen atoms in total. The summed E-state index contributed by atoms with van der Waals surface area (Å²) in [5.41, 5.74) is -0.0654. The van der Waals surface area contributed by atoms with Crippen molar-refractivity contribution in [2.75, 3.05) is 7.11 Å². The van der Waals surface area contributed by atoms with Crippen molar-refractivity contribution in [3.63, 3.8) is 0 Å². The van der Waals surface area contributed by atoms with Crippen LogP contribution in [0.1, 0.15) is 11.7 Å². The Morgan fingerprint density at radius 3 is 2.43 bits per heavy atom. The van der Waals surface area contributed by atoms with Crippen LogP contribution in [-0.4, -0.2) is 18.3 Å². The van der Waals surface area contributed by atoms with E-state index in [4.69, 9.17) is 11.6 Å². The molecule has 1 heterocycles. The zero-order valence-electron chi connectivity index (χ0n) is 7.18. The van der Waals surface area contributed by atoms with Crippen LogP contribution in [0.15, 0.2) is 18.3 Å². The van der Waals surface area contributed by atoms with Gasteiger partial charge in [0.15, 0.2) is 6.10 Å². The van der Waals surface area contributed by atoms with Crippen LogP contribution < -0.4 is 0 Å². The Kier molecular flexibility index (Phi) is 3.34. The molecule has 0 unspecified atom stereocenters. The molecule has 0 saturated carbocycles. The Bertz CT molecular complexity index is 298. The van der Waals surface area contributed by atoms with Gasteiger partial charge in [0.1, 0.15) is 5.15 Å². The number of alkyl halides is 3. The Balaban J connectivity index is 2.96. The number of halogens is 4. The number of aromatic nitrogens is 1. The molecule has 1 aromatic heterocycles. The van der Waals surface area contributed by atoms with E-state index in [0.717, 1.165) is 13.3 Å². The normalized spacial score (nSPS) is 14.1. The topological polar surface area (TPSA) is 22.1 Å². The van der Waals surface area contributed by atoms with Crippen LogP contribution in [0, 0.1) is 0 Å². The summed E-state index contributed by atoms with van der Waals surface area (Å²) in [5, 5.41) is 0.144. The maximum atomic E-state index is 12.3. The highest BCUT2D eigenvalue weighted by molar-refractivity contribution is 6.29. The summed E-state index contributed by atoms with van der Waals surface area (Å²) >= 11 is 5.44. The quantitative estimate of drug-likeness (QED) is 0.722. The first-order valence-corrected chi connectivity index (χ1v) is 4.04. The van der Waals surface area contributed by atoms with Crippen LogP contribution in [-0.2, 0) is 4.74 Å². The van der Waals surface area contributed by atoms with E-state index in [0.29, 0.717) is 0 Å². The fraction of sp³-hybridized carbons (Fsp3) is 0.375. The third-order valence-corrected chi connectivity index (χ3v) is 1.81. The van der Waals surface area contributed by atoms with Crippen molar-refractivity contribution in [3.8, 4) is 0 Å². The third-order valence-electron chi connectivity index (χ3n) is 1.59. The lowest BCUT2D eigenvalue weighted by Gasteiger charge is -2.18. The van der Waals surface area contributed by atoms with Crippen molar-refractivity contribution in [1.29, 1.82) is 0 Å². The number of nitrogens with zero attached hydrogens (tertiary/aromatic N) is 1. The smallest absolute Gasteiger partial charge is 0.367 e. The average Bonchev–Trinajstić information content (AvgIpc) is 2.07. The van der Waals surface area contributed by atoms with E-state index in [1.807, 2.05) is 0 Å². The van der Waals surface area contributed by atoms with Crippen molar-refractivity contribution < 1.29 is 17.9 Å². The predicted octanol–water partition coefficient (Wildman–Crippen LogP) is 2.98.